The van der Waals surface area contributed by atoms with Crippen LogP contribution in [0.2, 0.25) is 0 Å². The fourth-order valence-electron chi connectivity index (χ4n) is 4.52. The van der Waals surface area contributed by atoms with Crippen molar-refractivity contribution in [3.05, 3.63) is 71.9 Å². The molecule has 0 radical (unpaired) electrons. The van der Waals surface area contributed by atoms with Crippen LogP contribution in [0.1, 0.15) is 23.2 Å². The molecule has 37 heavy (non-hydrogen) atoms. The van der Waals surface area contributed by atoms with Gasteiger partial charge in [0.15, 0.2) is 11.5 Å². The first-order valence-electron chi connectivity index (χ1n) is 12.1. The van der Waals surface area contributed by atoms with Gasteiger partial charge in [-0.2, -0.15) is 10.2 Å². The van der Waals surface area contributed by atoms with Gasteiger partial charge in [-0.3, -0.25) is 9.89 Å². The lowest BCUT2D eigenvalue weighted by atomic mass is 10.0. The van der Waals surface area contributed by atoms with Gasteiger partial charge in [0.1, 0.15) is 29.7 Å². The lowest BCUT2D eigenvalue weighted by molar-refractivity contribution is 0.114. The maximum absolute atomic E-state index is 14.2. The monoisotopic (exact) mass is 503 g/mol. The van der Waals surface area contributed by atoms with Crippen LogP contribution >= 0.6 is 0 Å². The van der Waals surface area contributed by atoms with Gasteiger partial charge in [-0.1, -0.05) is 0 Å². The number of alkyl halides is 1. The molecule has 2 atom stereocenters. The number of hydrogen-bond donors (Lipinski definition) is 2. The summed E-state index contributed by atoms with van der Waals surface area (Å²) in [7, 11) is 1.72. The summed E-state index contributed by atoms with van der Waals surface area (Å²) in [5, 5.41) is 11.6. The number of amidine groups is 1. The maximum Gasteiger partial charge on any atom is 0.158 e. The number of hydrogen-bond acceptors (Lipinski definition) is 7. The number of piperidine rings is 1. The molecule has 11 heteroatoms. The summed E-state index contributed by atoms with van der Waals surface area (Å²) >= 11 is 0. The molecule has 1 aliphatic rings. The van der Waals surface area contributed by atoms with E-state index in [1.165, 1.54) is 6.33 Å². The Balaban J connectivity index is 1.33. The zero-order valence-electron chi connectivity index (χ0n) is 20.9. The molecule has 192 valence electrons. The number of benzene rings is 1. The van der Waals surface area contributed by atoms with Crippen molar-refractivity contribution in [2.75, 3.05) is 25.5 Å². The van der Waals surface area contributed by atoms with Gasteiger partial charge in [-0.15, -0.1) is 0 Å². The molecule has 0 unspecified atom stereocenters. The van der Waals surface area contributed by atoms with Gasteiger partial charge in [0.05, 0.1) is 0 Å². The van der Waals surface area contributed by atoms with Crippen molar-refractivity contribution in [1.29, 1.82) is 0 Å². The summed E-state index contributed by atoms with van der Waals surface area (Å²) in [6.45, 7) is 7.28. The molecule has 0 aliphatic carbocycles. The third kappa shape index (κ3) is 5.23. The number of rotatable bonds is 7. The second-order valence-electron chi connectivity index (χ2n) is 9.08. The third-order valence-electron chi connectivity index (χ3n) is 6.54. The Morgan fingerprint density at radius 1 is 1.27 bits per heavy atom. The molecule has 0 spiro atoms. The first kappa shape index (κ1) is 24.6. The number of anilines is 1. The van der Waals surface area contributed by atoms with E-state index in [1.54, 1.807) is 22.4 Å². The van der Waals surface area contributed by atoms with Crippen LogP contribution in [0.3, 0.4) is 0 Å². The molecule has 0 saturated carbocycles. The topological polar surface area (TPSA) is 110 Å². The number of pyridine rings is 1. The second kappa shape index (κ2) is 10.5. The number of aliphatic imine (C=N–C) groups is 1. The Labute approximate surface area is 214 Å². The zero-order valence-corrected chi connectivity index (χ0v) is 20.9. The fraction of sp³-hybridized carbons (Fsp3) is 0.308. The highest BCUT2D eigenvalue weighted by molar-refractivity contribution is 6.08. The van der Waals surface area contributed by atoms with Crippen LogP contribution in [-0.2, 0) is 6.54 Å². The van der Waals surface area contributed by atoms with E-state index in [-0.39, 0.29) is 0 Å². The fourth-order valence-corrected chi connectivity index (χ4v) is 4.52. The number of likely N-dealkylation sites (tertiary alicyclic amines) is 1. The van der Waals surface area contributed by atoms with Crippen molar-refractivity contribution in [3.8, 4) is 11.5 Å². The maximum atomic E-state index is 14.2. The molecule has 4 aromatic rings. The van der Waals surface area contributed by atoms with Crippen LogP contribution in [0.5, 0.6) is 11.5 Å². The molecular formula is C26H30FN9O. The van der Waals surface area contributed by atoms with Crippen molar-refractivity contribution in [1.82, 2.24) is 24.2 Å². The molecule has 1 fully saturated rings. The van der Waals surface area contributed by atoms with Crippen molar-refractivity contribution >= 4 is 23.9 Å². The summed E-state index contributed by atoms with van der Waals surface area (Å²) in [6, 6.07) is 11.1. The Morgan fingerprint density at radius 2 is 2.14 bits per heavy atom. The Morgan fingerprint density at radius 3 is 2.89 bits per heavy atom. The summed E-state index contributed by atoms with van der Waals surface area (Å²) in [6.07, 6.45) is 4.74. The number of nitrogens with zero attached hydrogens (tertiary/aromatic N) is 7. The summed E-state index contributed by atoms with van der Waals surface area (Å²) < 4.78 is 23.7. The highest BCUT2D eigenvalue weighted by atomic mass is 19.1. The molecule has 1 aromatic carbocycles. The number of nitrogens with one attached hydrogen (secondary N) is 1. The molecule has 10 nitrogen and oxygen atoms in total. The molecule has 5 rings (SSSR count). The van der Waals surface area contributed by atoms with Gasteiger partial charge >= 0.3 is 0 Å². The predicted octanol–water partition coefficient (Wildman–Crippen LogP) is 3.45. The zero-order chi connectivity index (χ0) is 25.9. The Kier molecular flexibility index (Phi) is 6.97. The number of aryl methyl sites for hydroxylation is 1. The van der Waals surface area contributed by atoms with Gasteiger partial charge in [0, 0.05) is 63.6 Å². The highest BCUT2D eigenvalue weighted by Gasteiger charge is 2.27. The standard InChI is InChI=1S/C26H30FN9O/c1-17-12-19(4-5-23(17)37-20-7-11-35-24(13-20)31-16-32-35)33-26(29-2)25-18(6-10-36(25)30-3)14-34-9-8-22(28)21(27)15-34/h4-7,10-13,16,21-22H,3,8-9,14-15,28H2,1-2H3,(H,29,33)/t21-,22-/m1/s1. The van der Waals surface area contributed by atoms with E-state index in [9.17, 15) is 4.39 Å². The van der Waals surface area contributed by atoms with E-state index in [2.05, 4.69) is 37.1 Å². The number of nitrogens with two attached hydrogens (primary N) is 1. The van der Waals surface area contributed by atoms with Crippen LogP contribution < -0.4 is 15.8 Å². The van der Waals surface area contributed by atoms with Crippen LogP contribution in [0.4, 0.5) is 10.1 Å². The number of halogens is 1. The van der Waals surface area contributed by atoms with Crippen molar-refractivity contribution in [2.45, 2.75) is 32.1 Å². The molecule has 3 aromatic heterocycles. The highest BCUT2D eigenvalue weighted by Crippen LogP contribution is 2.28. The van der Waals surface area contributed by atoms with E-state index in [0.717, 1.165) is 34.8 Å². The van der Waals surface area contributed by atoms with Crippen LogP contribution in [-0.4, -0.2) is 69.1 Å². The molecule has 0 amide bonds. The summed E-state index contributed by atoms with van der Waals surface area (Å²) in [4.78, 5) is 10.8. The molecule has 3 N–H and O–H groups in total. The lowest BCUT2D eigenvalue weighted by Gasteiger charge is -2.32. The minimum absolute atomic E-state index is 0.310. The van der Waals surface area contributed by atoms with Crippen molar-refractivity contribution < 1.29 is 9.13 Å². The van der Waals surface area contributed by atoms with Crippen molar-refractivity contribution in [2.24, 2.45) is 15.8 Å². The van der Waals surface area contributed by atoms with E-state index >= 15 is 0 Å². The summed E-state index contributed by atoms with van der Waals surface area (Å²) in [5.41, 5.74) is 10.1. The van der Waals surface area contributed by atoms with Crippen molar-refractivity contribution in [3.63, 3.8) is 0 Å². The Bertz CT molecular complexity index is 1440. The van der Waals surface area contributed by atoms with E-state index in [4.69, 9.17) is 10.5 Å². The number of ether oxygens (including phenoxy) is 1. The van der Waals surface area contributed by atoms with E-state index in [0.29, 0.717) is 36.7 Å². The average Bonchev–Trinajstić information content (AvgIpc) is 3.53. The van der Waals surface area contributed by atoms with Gasteiger partial charge in [-0.05, 0) is 54.8 Å². The molecular weight excluding hydrogens is 473 g/mol. The van der Waals surface area contributed by atoms with Gasteiger partial charge in [-0.25, -0.2) is 18.6 Å². The van der Waals surface area contributed by atoms with Gasteiger partial charge in [0.25, 0.3) is 0 Å². The van der Waals surface area contributed by atoms with Crippen LogP contribution in [0.15, 0.2) is 65.2 Å². The predicted molar refractivity (Wildman–Crippen MR) is 142 cm³/mol. The molecule has 0 bridgehead atoms. The number of aromatic nitrogens is 4. The largest absolute Gasteiger partial charge is 0.457 e. The smallest absolute Gasteiger partial charge is 0.158 e. The van der Waals surface area contributed by atoms with Gasteiger partial charge in [0.2, 0.25) is 0 Å². The minimum atomic E-state index is -1.03. The van der Waals surface area contributed by atoms with Crippen LogP contribution in [0.25, 0.3) is 5.65 Å². The molecule has 1 saturated heterocycles. The quantitative estimate of drug-likeness (QED) is 0.295. The van der Waals surface area contributed by atoms with E-state index < -0.39 is 12.2 Å². The minimum Gasteiger partial charge on any atom is -0.457 e. The molecule has 1 aliphatic heterocycles. The average molecular weight is 504 g/mol. The third-order valence-corrected chi connectivity index (χ3v) is 6.54. The Hall–Kier alpha value is -4.09. The number of fused-ring (bicyclic) bond motifs is 1. The lowest BCUT2D eigenvalue weighted by Crippen LogP contribution is -2.48. The summed E-state index contributed by atoms with van der Waals surface area (Å²) in [5.74, 6) is 2.03. The normalized spacial score (nSPS) is 18.8. The first-order chi connectivity index (χ1) is 17.9. The molecule has 4 heterocycles. The second-order valence-corrected chi connectivity index (χ2v) is 9.08. The van der Waals surface area contributed by atoms with E-state index in [1.807, 2.05) is 49.5 Å². The van der Waals surface area contributed by atoms with Gasteiger partial charge < -0.3 is 15.8 Å². The SMILES string of the molecule is C=Nn1ccc(CN2CC[C@@H](N)[C@H](F)C2)c1/C(=N\C)Nc1ccc(Oc2ccn3ncnc3c2)c(C)c1. The van der Waals surface area contributed by atoms with Crippen LogP contribution in [0, 0.1) is 6.92 Å². The first-order valence-corrected chi connectivity index (χ1v) is 12.1.